The number of benzene rings is 2. The molecule has 2 amide bonds. The van der Waals surface area contributed by atoms with Gasteiger partial charge in [-0.05, 0) is 38.1 Å². The van der Waals surface area contributed by atoms with Crippen molar-refractivity contribution in [2.75, 3.05) is 16.8 Å². The molecular formula is C21H22N2O4. The molecule has 6 heteroatoms. The Bertz CT molecular complexity index is 833. The number of nitrogens with one attached hydrogen (secondary N) is 1. The molecule has 6 nitrogen and oxygen atoms in total. The van der Waals surface area contributed by atoms with Gasteiger partial charge in [-0.25, -0.2) is 0 Å². The molecule has 1 fully saturated rings. The number of ether oxygens (including phenoxy) is 1. The molecule has 2 aromatic carbocycles. The molecule has 3 rings (SSSR count). The van der Waals surface area contributed by atoms with Crippen LogP contribution in [-0.4, -0.2) is 30.4 Å². The smallest absolute Gasteiger partial charge is 0.312 e. The second-order valence-corrected chi connectivity index (χ2v) is 6.68. The van der Waals surface area contributed by atoms with Crippen LogP contribution in [0.25, 0.3) is 0 Å². The molecule has 1 aliphatic rings. The second kappa shape index (κ2) is 8.03. The van der Waals surface area contributed by atoms with Crippen molar-refractivity contribution in [3.8, 4) is 0 Å². The fourth-order valence-electron chi connectivity index (χ4n) is 2.93. The van der Waals surface area contributed by atoms with Crippen molar-refractivity contribution in [2.45, 2.75) is 26.4 Å². The summed E-state index contributed by atoms with van der Waals surface area (Å²) in [5.74, 6) is -1.64. The van der Waals surface area contributed by atoms with Gasteiger partial charge in [0.2, 0.25) is 5.91 Å². The molecule has 0 bridgehead atoms. The molecule has 2 atom stereocenters. The Morgan fingerprint density at radius 3 is 2.44 bits per heavy atom. The van der Waals surface area contributed by atoms with E-state index in [4.69, 9.17) is 4.74 Å². The SMILES string of the molecule is Cc1ccc(N2C[C@H](C(=O)O[C@@H](C)C(=O)Nc3ccccc3)CC2=O)cc1. The molecule has 140 valence electrons. The maximum absolute atomic E-state index is 12.4. The lowest BCUT2D eigenvalue weighted by molar-refractivity contribution is -0.157. The van der Waals surface area contributed by atoms with Gasteiger partial charge in [0.15, 0.2) is 6.10 Å². The first-order valence-electron chi connectivity index (χ1n) is 8.87. The summed E-state index contributed by atoms with van der Waals surface area (Å²) in [7, 11) is 0. The number of anilines is 2. The van der Waals surface area contributed by atoms with Gasteiger partial charge in [-0.15, -0.1) is 0 Å². The molecule has 1 saturated heterocycles. The van der Waals surface area contributed by atoms with Crippen LogP contribution in [0.5, 0.6) is 0 Å². The number of hydrogen-bond acceptors (Lipinski definition) is 4. The van der Waals surface area contributed by atoms with Gasteiger partial charge in [-0.2, -0.15) is 0 Å². The normalized spacial score (nSPS) is 17.5. The minimum absolute atomic E-state index is 0.0831. The zero-order valence-corrected chi connectivity index (χ0v) is 15.3. The molecule has 0 aliphatic carbocycles. The van der Waals surface area contributed by atoms with Gasteiger partial charge >= 0.3 is 5.97 Å². The zero-order valence-electron chi connectivity index (χ0n) is 15.3. The number of amides is 2. The topological polar surface area (TPSA) is 75.7 Å². The van der Waals surface area contributed by atoms with E-state index in [1.165, 1.54) is 6.92 Å². The van der Waals surface area contributed by atoms with E-state index in [0.29, 0.717) is 5.69 Å². The number of rotatable bonds is 5. The maximum Gasteiger partial charge on any atom is 0.312 e. The van der Waals surface area contributed by atoms with Crippen molar-refractivity contribution in [3.05, 3.63) is 60.2 Å². The lowest BCUT2D eigenvalue weighted by Gasteiger charge is -2.18. The van der Waals surface area contributed by atoms with Crippen LogP contribution in [0.3, 0.4) is 0 Å². The van der Waals surface area contributed by atoms with Crippen LogP contribution >= 0.6 is 0 Å². The van der Waals surface area contributed by atoms with Gasteiger partial charge in [0.05, 0.1) is 5.92 Å². The van der Waals surface area contributed by atoms with Gasteiger partial charge < -0.3 is 15.0 Å². The fourth-order valence-corrected chi connectivity index (χ4v) is 2.93. The summed E-state index contributed by atoms with van der Waals surface area (Å²) in [6, 6.07) is 16.5. The van der Waals surface area contributed by atoms with Crippen LogP contribution in [0.2, 0.25) is 0 Å². The van der Waals surface area contributed by atoms with Crippen molar-refractivity contribution in [3.63, 3.8) is 0 Å². The minimum atomic E-state index is -0.943. The molecule has 1 N–H and O–H groups in total. The first kappa shape index (κ1) is 18.6. The Hall–Kier alpha value is -3.15. The summed E-state index contributed by atoms with van der Waals surface area (Å²) in [4.78, 5) is 38.4. The maximum atomic E-state index is 12.4. The summed E-state index contributed by atoms with van der Waals surface area (Å²) in [5.41, 5.74) is 2.49. The standard InChI is InChI=1S/C21H22N2O4/c1-14-8-10-18(11-9-14)23-13-16(12-19(23)24)21(26)27-15(2)20(25)22-17-6-4-3-5-7-17/h3-11,15-16H,12-13H2,1-2H3,(H,22,25)/t15-,16+/m0/s1. The number of esters is 1. The predicted octanol–water partition coefficient (Wildman–Crippen LogP) is 2.92. The van der Waals surface area contributed by atoms with E-state index in [1.54, 1.807) is 29.2 Å². The third-order valence-corrected chi connectivity index (χ3v) is 4.51. The molecule has 0 unspecified atom stereocenters. The lowest BCUT2D eigenvalue weighted by atomic mass is 10.1. The number of nitrogens with zero attached hydrogens (tertiary/aromatic N) is 1. The van der Waals surface area contributed by atoms with Crippen LogP contribution in [0.1, 0.15) is 18.9 Å². The quantitative estimate of drug-likeness (QED) is 0.826. The Balaban J connectivity index is 1.57. The average Bonchev–Trinajstić information content (AvgIpc) is 3.05. The molecule has 1 heterocycles. The third kappa shape index (κ3) is 4.53. The number of aryl methyl sites for hydroxylation is 1. The highest BCUT2D eigenvalue weighted by molar-refractivity contribution is 6.00. The van der Waals surface area contributed by atoms with Crippen molar-refractivity contribution in [1.82, 2.24) is 0 Å². The molecule has 0 saturated carbocycles. The first-order valence-corrected chi connectivity index (χ1v) is 8.87. The van der Waals surface area contributed by atoms with E-state index in [0.717, 1.165) is 11.3 Å². The summed E-state index contributed by atoms with van der Waals surface area (Å²) in [5, 5.41) is 2.69. The molecule has 2 aromatic rings. The molecule has 27 heavy (non-hydrogen) atoms. The second-order valence-electron chi connectivity index (χ2n) is 6.68. The zero-order chi connectivity index (χ0) is 19.4. The van der Waals surface area contributed by atoms with Crippen molar-refractivity contribution in [2.24, 2.45) is 5.92 Å². The molecular weight excluding hydrogens is 344 g/mol. The van der Waals surface area contributed by atoms with Gasteiger partial charge in [-0.1, -0.05) is 35.9 Å². The van der Waals surface area contributed by atoms with Gasteiger partial charge in [0, 0.05) is 24.3 Å². The fraction of sp³-hybridized carbons (Fsp3) is 0.286. The Labute approximate surface area is 158 Å². The van der Waals surface area contributed by atoms with E-state index in [9.17, 15) is 14.4 Å². The van der Waals surface area contributed by atoms with Gasteiger partial charge in [-0.3, -0.25) is 14.4 Å². The first-order chi connectivity index (χ1) is 12.9. The van der Waals surface area contributed by atoms with E-state index in [2.05, 4.69) is 5.32 Å². The number of para-hydroxylation sites is 1. The highest BCUT2D eigenvalue weighted by Crippen LogP contribution is 2.26. The molecule has 0 spiro atoms. The number of carbonyl (C=O) groups excluding carboxylic acids is 3. The Kier molecular flexibility index (Phi) is 5.54. The third-order valence-electron chi connectivity index (χ3n) is 4.51. The van der Waals surface area contributed by atoms with Crippen LogP contribution in [0, 0.1) is 12.8 Å². The highest BCUT2D eigenvalue weighted by Gasteiger charge is 2.37. The van der Waals surface area contributed by atoms with E-state index < -0.39 is 23.9 Å². The lowest BCUT2D eigenvalue weighted by Crippen LogP contribution is -2.33. The molecule has 0 aromatic heterocycles. The average molecular weight is 366 g/mol. The minimum Gasteiger partial charge on any atom is -0.452 e. The monoisotopic (exact) mass is 366 g/mol. The summed E-state index contributed by atoms with van der Waals surface area (Å²) in [6.07, 6.45) is -0.860. The van der Waals surface area contributed by atoms with Crippen LogP contribution in [-0.2, 0) is 19.1 Å². The predicted molar refractivity (Wildman–Crippen MR) is 102 cm³/mol. The van der Waals surface area contributed by atoms with Crippen LogP contribution in [0.15, 0.2) is 54.6 Å². The van der Waals surface area contributed by atoms with E-state index >= 15 is 0 Å². The summed E-state index contributed by atoms with van der Waals surface area (Å²) in [6.45, 7) is 3.75. The number of hydrogen-bond donors (Lipinski definition) is 1. The number of carbonyl (C=O) groups is 3. The molecule has 1 aliphatic heterocycles. The largest absolute Gasteiger partial charge is 0.452 e. The summed E-state index contributed by atoms with van der Waals surface area (Å²) < 4.78 is 5.29. The van der Waals surface area contributed by atoms with Crippen molar-refractivity contribution < 1.29 is 19.1 Å². The summed E-state index contributed by atoms with van der Waals surface area (Å²) >= 11 is 0. The van der Waals surface area contributed by atoms with Crippen molar-refractivity contribution >= 4 is 29.2 Å². The Morgan fingerprint density at radius 2 is 1.78 bits per heavy atom. The van der Waals surface area contributed by atoms with Gasteiger partial charge in [0.25, 0.3) is 5.91 Å². The van der Waals surface area contributed by atoms with Crippen molar-refractivity contribution in [1.29, 1.82) is 0 Å². The highest BCUT2D eigenvalue weighted by atomic mass is 16.5. The molecule has 0 radical (unpaired) electrons. The van der Waals surface area contributed by atoms with E-state index in [1.807, 2.05) is 37.3 Å². The van der Waals surface area contributed by atoms with E-state index in [-0.39, 0.29) is 18.9 Å². The van der Waals surface area contributed by atoms with Gasteiger partial charge in [0.1, 0.15) is 0 Å². The van der Waals surface area contributed by atoms with Crippen LogP contribution < -0.4 is 10.2 Å². The van der Waals surface area contributed by atoms with Crippen LogP contribution in [0.4, 0.5) is 11.4 Å². The Morgan fingerprint density at radius 1 is 1.11 bits per heavy atom.